The summed E-state index contributed by atoms with van der Waals surface area (Å²) in [6.07, 6.45) is -3.25. The number of nitriles is 1. The predicted molar refractivity (Wildman–Crippen MR) is 83.8 cm³/mol. The first-order chi connectivity index (χ1) is 12.1. The van der Waals surface area contributed by atoms with Crippen LogP contribution in [0.1, 0.15) is 17.3 Å². The summed E-state index contributed by atoms with van der Waals surface area (Å²) in [7, 11) is 0. The SMILES string of the molecule is N#CNC(=O)c1cc(Oc2ccc(C(F)(F)F)cc2Cl)ccc1[N+](=O)[O-].[H-].[Na+]. The van der Waals surface area contributed by atoms with E-state index in [0.29, 0.717) is 6.07 Å². The van der Waals surface area contributed by atoms with Gasteiger partial charge in [0.05, 0.1) is 15.5 Å². The zero-order valence-electron chi connectivity index (χ0n) is 14.5. The first-order valence-corrected chi connectivity index (χ1v) is 7.03. The van der Waals surface area contributed by atoms with Crippen LogP contribution >= 0.6 is 11.6 Å². The standard InChI is InChI=1S/C15H7ClF3N3O4.Na.H/c16-11-5-8(15(17,18)19)1-4-13(11)26-9-2-3-12(22(24)25)10(6-9)14(23)21-7-20;;/h1-6H,(H,21,23);;/q;+1;-1. The van der Waals surface area contributed by atoms with Gasteiger partial charge in [-0.15, -0.1) is 0 Å². The Hall–Kier alpha value is -2.32. The molecule has 0 spiro atoms. The zero-order chi connectivity index (χ0) is 19.5. The summed E-state index contributed by atoms with van der Waals surface area (Å²) in [6, 6.07) is 5.44. The Labute approximate surface area is 178 Å². The summed E-state index contributed by atoms with van der Waals surface area (Å²) in [6.45, 7) is 0. The number of carbonyl (C=O) groups is 1. The van der Waals surface area contributed by atoms with E-state index in [1.54, 1.807) is 5.32 Å². The van der Waals surface area contributed by atoms with Crippen LogP contribution in [0, 0.1) is 21.6 Å². The van der Waals surface area contributed by atoms with Crippen LogP contribution in [0.25, 0.3) is 0 Å². The van der Waals surface area contributed by atoms with E-state index >= 15 is 0 Å². The van der Waals surface area contributed by atoms with Crippen molar-refractivity contribution in [3.8, 4) is 17.7 Å². The summed E-state index contributed by atoms with van der Waals surface area (Å²) in [5.74, 6) is -1.29. The molecular formula is C15H8ClF3N3NaO4. The summed E-state index contributed by atoms with van der Waals surface area (Å²) >= 11 is 5.76. The second-order valence-electron chi connectivity index (χ2n) is 4.75. The Balaban J connectivity index is 0.00000364. The third-order valence-electron chi connectivity index (χ3n) is 3.07. The van der Waals surface area contributed by atoms with Crippen molar-refractivity contribution in [2.45, 2.75) is 6.18 Å². The van der Waals surface area contributed by atoms with E-state index in [1.165, 1.54) is 6.19 Å². The molecule has 0 heterocycles. The molecule has 0 atom stereocenters. The Morgan fingerprint density at radius 3 is 2.48 bits per heavy atom. The van der Waals surface area contributed by atoms with E-state index in [2.05, 4.69) is 0 Å². The van der Waals surface area contributed by atoms with Crippen LogP contribution in [0.5, 0.6) is 11.5 Å². The van der Waals surface area contributed by atoms with Gasteiger partial charge in [0, 0.05) is 12.1 Å². The smallest absolute Gasteiger partial charge is 1.00 e. The van der Waals surface area contributed by atoms with Crippen LogP contribution in [0.15, 0.2) is 36.4 Å². The number of benzene rings is 2. The van der Waals surface area contributed by atoms with Crippen molar-refractivity contribution >= 4 is 23.2 Å². The molecule has 1 amide bonds. The average molecular weight is 410 g/mol. The van der Waals surface area contributed by atoms with Gasteiger partial charge in [-0.2, -0.15) is 18.4 Å². The first-order valence-electron chi connectivity index (χ1n) is 6.66. The molecular weight excluding hydrogens is 402 g/mol. The molecule has 0 saturated heterocycles. The minimum atomic E-state index is -4.59. The molecule has 0 saturated carbocycles. The van der Waals surface area contributed by atoms with E-state index in [4.69, 9.17) is 21.6 Å². The number of rotatable bonds is 4. The van der Waals surface area contributed by atoms with Crippen molar-refractivity contribution in [2.75, 3.05) is 0 Å². The molecule has 0 unspecified atom stereocenters. The van der Waals surface area contributed by atoms with Crippen LogP contribution in [0.4, 0.5) is 18.9 Å². The van der Waals surface area contributed by atoms with Crippen molar-refractivity contribution in [3.05, 3.63) is 62.7 Å². The van der Waals surface area contributed by atoms with E-state index < -0.39 is 33.8 Å². The maximum atomic E-state index is 12.6. The molecule has 2 rings (SSSR count). The van der Waals surface area contributed by atoms with Gasteiger partial charge in [0.1, 0.15) is 17.1 Å². The zero-order valence-corrected chi connectivity index (χ0v) is 16.3. The van der Waals surface area contributed by atoms with Crippen molar-refractivity contribution in [1.29, 1.82) is 5.26 Å². The fourth-order valence-electron chi connectivity index (χ4n) is 1.92. The molecule has 0 aliphatic carbocycles. The van der Waals surface area contributed by atoms with E-state index in [1.807, 2.05) is 0 Å². The van der Waals surface area contributed by atoms with Gasteiger partial charge in [-0.05, 0) is 24.3 Å². The van der Waals surface area contributed by atoms with Crippen LogP contribution in [0.2, 0.25) is 5.02 Å². The number of carbonyl (C=O) groups excluding carboxylic acids is 1. The van der Waals surface area contributed by atoms with Crippen LogP contribution in [-0.2, 0) is 6.18 Å². The van der Waals surface area contributed by atoms with Crippen LogP contribution in [-0.4, -0.2) is 10.8 Å². The fourth-order valence-corrected chi connectivity index (χ4v) is 2.14. The molecule has 1 N–H and O–H groups in total. The van der Waals surface area contributed by atoms with E-state index in [-0.39, 0.29) is 47.5 Å². The second-order valence-corrected chi connectivity index (χ2v) is 5.15. The number of alkyl halides is 3. The quantitative estimate of drug-likeness (QED) is 0.270. The monoisotopic (exact) mass is 409 g/mol. The third kappa shape index (κ3) is 5.58. The molecule has 12 heteroatoms. The van der Waals surface area contributed by atoms with Crippen molar-refractivity contribution in [1.82, 2.24) is 5.32 Å². The van der Waals surface area contributed by atoms with Gasteiger partial charge in [0.15, 0.2) is 6.19 Å². The summed E-state index contributed by atoms with van der Waals surface area (Å²) in [5, 5.41) is 20.8. The van der Waals surface area contributed by atoms with Gasteiger partial charge in [-0.3, -0.25) is 20.2 Å². The van der Waals surface area contributed by atoms with E-state index in [9.17, 15) is 28.1 Å². The molecule has 0 aromatic heterocycles. The molecule has 136 valence electrons. The summed E-state index contributed by atoms with van der Waals surface area (Å²) < 4.78 is 43.2. The molecule has 0 bridgehead atoms. The Bertz CT molecular complexity index is 938. The van der Waals surface area contributed by atoms with Crippen molar-refractivity contribution < 1.29 is 58.6 Å². The van der Waals surface area contributed by atoms with Crippen molar-refractivity contribution in [2.24, 2.45) is 0 Å². The maximum Gasteiger partial charge on any atom is 1.00 e. The molecule has 0 fully saturated rings. The largest absolute Gasteiger partial charge is 1.00 e. The molecule has 0 aliphatic heterocycles. The third-order valence-corrected chi connectivity index (χ3v) is 3.36. The normalized spacial score (nSPS) is 10.3. The molecule has 0 radical (unpaired) electrons. The second kappa shape index (κ2) is 9.05. The predicted octanol–water partition coefficient (Wildman–Crippen LogP) is 1.39. The number of hydrogen-bond donors (Lipinski definition) is 1. The number of halogens is 4. The van der Waals surface area contributed by atoms with Gasteiger partial charge < -0.3 is 6.16 Å². The fraction of sp³-hybridized carbons (Fsp3) is 0.0667. The van der Waals surface area contributed by atoms with Crippen LogP contribution < -0.4 is 39.6 Å². The molecule has 7 nitrogen and oxygen atoms in total. The summed E-state index contributed by atoms with van der Waals surface area (Å²) in [5.41, 5.74) is -2.02. The Kier molecular flexibility index (Phi) is 7.62. The number of nitro benzene ring substituents is 1. The van der Waals surface area contributed by atoms with Crippen molar-refractivity contribution in [3.63, 3.8) is 0 Å². The Morgan fingerprint density at radius 1 is 1.30 bits per heavy atom. The van der Waals surface area contributed by atoms with Crippen LogP contribution in [0.3, 0.4) is 0 Å². The number of nitrogens with zero attached hydrogens (tertiary/aromatic N) is 2. The number of nitrogens with one attached hydrogen (secondary N) is 1. The average Bonchev–Trinajstić information content (AvgIpc) is 2.55. The van der Waals surface area contributed by atoms with E-state index in [0.717, 1.165) is 30.3 Å². The molecule has 2 aromatic carbocycles. The summed E-state index contributed by atoms with van der Waals surface area (Å²) in [4.78, 5) is 21.9. The van der Waals surface area contributed by atoms with Gasteiger partial charge >= 0.3 is 35.7 Å². The minimum absolute atomic E-state index is 0. The molecule has 2 aromatic rings. The maximum absolute atomic E-state index is 12.6. The first kappa shape index (κ1) is 22.7. The number of nitro groups is 1. The number of hydrogen-bond acceptors (Lipinski definition) is 5. The topological polar surface area (TPSA) is 105 Å². The van der Waals surface area contributed by atoms with Gasteiger partial charge in [-0.25, -0.2) is 0 Å². The molecule has 0 aliphatic rings. The number of ether oxygens (including phenoxy) is 1. The van der Waals surface area contributed by atoms with Gasteiger partial charge in [-0.1, -0.05) is 11.6 Å². The Morgan fingerprint density at radius 2 is 1.96 bits per heavy atom. The molecule has 27 heavy (non-hydrogen) atoms. The van der Waals surface area contributed by atoms with Gasteiger partial charge in [0.25, 0.3) is 11.6 Å². The minimum Gasteiger partial charge on any atom is -1.00 e. The number of amides is 1. The van der Waals surface area contributed by atoms with Gasteiger partial charge in [0.2, 0.25) is 0 Å².